The van der Waals surface area contributed by atoms with Crippen molar-refractivity contribution >= 4 is 39.2 Å². The number of hydrogen-bond donors (Lipinski definition) is 1. The van der Waals surface area contributed by atoms with Crippen molar-refractivity contribution in [3.63, 3.8) is 0 Å². The molecule has 0 saturated heterocycles. The van der Waals surface area contributed by atoms with Gasteiger partial charge in [-0.05, 0) is 30.3 Å². The number of anilines is 1. The van der Waals surface area contributed by atoms with E-state index in [0.717, 1.165) is 6.07 Å². The quantitative estimate of drug-likeness (QED) is 0.461. The standard InChI is InChI=1S/C16H13BrN2O6/c1-24-14-6-3-9(7-13(14)19(22)23)15(20)18-12-5-4-10(17)8-11(12)16(21)25-2/h3-8H,1-2H3,(H,18,20). The summed E-state index contributed by atoms with van der Waals surface area (Å²) in [6, 6.07) is 8.47. The van der Waals surface area contributed by atoms with E-state index < -0.39 is 16.8 Å². The van der Waals surface area contributed by atoms with Gasteiger partial charge in [-0.3, -0.25) is 14.9 Å². The Balaban J connectivity index is 2.36. The molecule has 0 aliphatic carbocycles. The molecule has 0 aliphatic rings. The Bertz CT molecular complexity index is 853. The number of nitro benzene ring substituents is 1. The Labute approximate surface area is 151 Å². The van der Waals surface area contributed by atoms with Gasteiger partial charge < -0.3 is 14.8 Å². The minimum absolute atomic E-state index is 0.0421. The minimum Gasteiger partial charge on any atom is -0.490 e. The number of rotatable bonds is 5. The predicted molar refractivity (Wildman–Crippen MR) is 93.1 cm³/mol. The molecule has 0 unspecified atom stereocenters. The topological polar surface area (TPSA) is 108 Å². The fourth-order valence-electron chi connectivity index (χ4n) is 2.07. The second-order valence-corrected chi connectivity index (χ2v) is 5.70. The van der Waals surface area contributed by atoms with Crippen LogP contribution in [0.4, 0.5) is 11.4 Å². The van der Waals surface area contributed by atoms with Gasteiger partial charge in [-0.15, -0.1) is 0 Å². The van der Waals surface area contributed by atoms with Gasteiger partial charge in [0.15, 0.2) is 5.75 Å². The SMILES string of the molecule is COC(=O)c1cc(Br)ccc1NC(=O)c1ccc(OC)c([N+](=O)[O-])c1. The van der Waals surface area contributed by atoms with E-state index in [4.69, 9.17) is 4.74 Å². The predicted octanol–water partition coefficient (Wildman–Crippen LogP) is 3.40. The maximum Gasteiger partial charge on any atom is 0.340 e. The first kappa shape index (κ1) is 18.4. The molecule has 0 saturated carbocycles. The number of hydrogen-bond acceptors (Lipinski definition) is 6. The molecular weight excluding hydrogens is 396 g/mol. The van der Waals surface area contributed by atoms with Crippen molar-refractivity contribution in [2.24, 2.45) is 0 Å². The van der Waals surface area contributed by atoms with Crippen LogP contribution in [0, 0.1) is 10.1 Å². The molecule has 0 spiro atoms. The molecule has 2 aromatic carbocycles. The van der Waals surface area contributed by atoms with Crippen LogP contribution in [0.25, 0.3) is 0 Å². The van der Waals surface area contributed by atoms with Crippen LogP contribution in [0.5, 0.6) is 5.75 Å². The molecule has 8 nitrogen and oxygen atoms in total. The van der Waals surface area contributed by atoms with Crippen LogP contribution in [-0.4, -0.2) is 31.0 Å². The molecule has 2 aromatic rings. The van der Waals surface area contributed by atoms with E-state index in [1.807, 2.05) is 0 Å². The maximum absolute atomic E-state index is 12.4. The fraction of sp³-hybridized carbons (Fsp3) is 0.125. The molecule has 0 radical (unpaired) electrons. The lowest BCUT2D eigenvalue weighted by molar-refractivity contribution is -0.385. The molecule has 1 amide bonds. The van der Waals surface area contributed by atoms with E-state index in [1.54, 1.807) is 6.07 Å². The van der Waals surface area contributed by atoms with E-state index in [1.165, 1.54) is 38.5 Å². The monoisotopic (exact) mass is 408 g/mol. The third-order valence-corrected chi connectivity index (χ3v) is 3.77. The number of methoxy groups -OCH3 is 2. The Morgan fingerprint density at radius 1 is 1.16 bits per heavy atom. The third kappa shape index (κ3) is 4.13. The van der Waals surface area contributed by atoms with Crippen LogP contribution >= 0.6 is 15.9 Å². The van der Waals surface area contributed by atoms with Crippen molar-refractivity contribution in [3.8, 4) is 5.75 Å². The zero-order chi connectivity index (χ0) is 18.6. The molecule has 9 heteroatoms. The lowest BCUT2D eigenvalue weighted by Gasteiger charge is -2.11. The van der Waals surface area contributed by atoms with Crippen molar-refractivity contribution in [3.05, 3.63) is 62.1 Å². The van der Waals surface area contributed by atoms with Crippen molar-refractivity contribution in [2.45, 2.75) is 0 Å². The van der Waals surface area contributed by atoms with Gasteiger partial charge in [0.25, 0.3) is 5.91 Å². The average molecular weight is 409 g/mol. The third-order valence-electron chi connectivity index (χ3n) is 3.27. The summed E-state index contributed by atoms with van der Waals surface area (Å²) in [5, 5.41) is 13.6. The largest absolute Gasteiger partial charge is 0.490 e. The molecule has 130 valence electrons. The van der Waals surface area contributed by atoms with Crippen molar-refractivity contribution in [1.82, 2.24) is 0 Å². The Morgan fingerprint density at radius 3 is 2.48 bits per heavy atom. The van der Waals surface area contributed by atoms with E-state index in [0.29, 0.717) is 4.47 Å². The van der Waals surface area contributed by atoms with E-state index >= 15 is 0 Å². The molecule has 0 heterocycles. The summed E-state index contributed by atoms with van der Waals surface area (Å²) in [6.45, 7) is 0. The Morgan fingerprint density at radius 2 is 1.88 bits per heavy atom. The molecule has 25 heavy (non-hydrogen) atoms. The van der Waals surface area contributed by atoms with Crippen LogP contribution in [-0.2, 0) is 4.74 Å². The summed E-state index contributed by atoms with van der Waals surface area (Å²) in [5.41, 5.74) is 0.0807. The minimum atomic E-state index is -0.644. The number of benzene rings is 2. The average Bonchev–Trinajstić information content (AvgIpc) is 2.61. The first-order valence-corrected chi connectivity index (χ1v) is 7.68. The molecule has 1 N–H and O–H groups in total. The van der Waals surface area contributed by atoms with E-state index in [2.05, 4.69) is 26.0 Å². The highest BCUT2D eigenvalue weighted by atomic mass is 79.9. The highest BCUT2D eigenvalue weighted by Crippen LogP contribution is 2.28. The highest BCUT2D eigenvalue weighted by molar-refractivity contribution is 9.10. The van der Waals surface area contributed by atoms with Crippen LogP contribution in [0.15, 0.2) is 40.9 Å². The summed E-state index contributed by atoms with van der Waals surface area (Å²) < 4.78 is 10.2. The summed E-state index contributed by atoms with van der Waals surface area (Å²) in [5.74, 6) is -1.20. The number of nitrogens with one attached hydrogen (secondary N) is 1. The van der Waals surface area contributed by atoms with Gasteiger partial charge in [0, 0.05) is 16.1 Å². The molecule has 0 fully saturated rings. The summed E-state index contributed by atoms with van der Waals surface area (Å²) in [7, 11) is 2.52. The number of esters is 1. The van der Waals surface area contributed by atoms with Gasteiger partial charge in [0.05, 0.1) is 30.4 Å². The van der Waals surface area contributed by atoms with Crippen molar-refractivity contribution in [2.75, 3.05) is 19.5 Å². The molecule has 0 aromatic heterocycles. The van der Waals surface area contributed by atoms with Crippen molar-refractivity contribution < 1.29 is 24.0 Å². The number of nitro groups is 1. The number of carbonyl (C=O) groups excluding carboxylic acids is 2. The fourth-order valence-corrected chi connectivity index (χ4v) is 2.43. The van der Waals surface area contributed by atoms with Crippen LogP contribution < -0.4 is 10.1 Å². The number of ether oxygens (including phenoxy) is 2. The van der Waals surface area contributed by atoms with Crippen LogP contribution in [0.2, 0.25) is 0 Å². The number of carbonyl (C=O) groups is 2. The van der Waals surface area contributed by atoms with Gasteiger partial charge in [-0.2, -0.15) is 0 Å². The summed E-state index contributed by atoms with van der Waals surface area (Å²) >= 11 is 3.24. The first-order valence-electron chi connectivity index (χ1n) is 6.89. The zero-order valence-electron chi connectivity index (χ0n) is 13.2. The normalized spacial score (nSPS) is 10.0. The summed E-state index contributed by atoms with van der Waals surface area (Å²) in [6.07, 6.45) is 0. The number of amides is 1. The molecule has 0 bridgehead atoms. The lowest BCUT2D eigenvalue weighted by Crippen LogP contribution is -2.15. The molecule has 0 atom stereocenters. The second kappa shape index (κ2) is 7.75. The van der Waals surface area contributed by atoms with Gasteiger partial charge in [-0.25, -0.2) is 4.79 Å². The maximum atomic E-state index is 12.4. The van der Waals surface area contributed by atoms with Gasteiger partial charge in [-0.1, -0.05) is 15.9 Å². The van der Waals surface area contributed by atoms with Gasteiger partial charge in [0.2, 0.25) is 0 Å². The summed E-state index contributed by atoms with van der Waals surface area (Å²) in [4.78, 5) is 34.6. The van der Waals surface area contributed by atoms with E-state index in [9.17, 15) is 19.7 Å². The van der Waals surface area contributed by atoms with Gasteiger partial charge >= 0.3 is 11.7 Å². The highest BCUT2D eigenvalue weighted by Gasteiger charge is 2.20. The lowest BCUT2D eigenvalue weighted by atomic mass is 10.1. The van der Waals surface area contributed by atoms with Crippen LogP contribution in [0.1, 0.15) is 20.7 Å². The smallest absolute Gasteiger partial charge is 0.340 e. The molecule has 0 aliphatic heterocycles. The second-order valence-electron chi connectivity index (χ2n) is 4.78. The molecular formula is C16H13BrN2O6. The first-order chi connectivity index (χ1) is 11.9. The number of halogens is 1. The molecule has 2 rings (SSSR count). The van der Waals surface area contributed by atoms with E-state index in [-0.39, 0.29) is 28.3 Å². The zero-order valence-corrected chi connectivity index (χ0v) is 14.8. The van der Waals surface area contributed by atoms with Gasteiger partial charge in [0.1, 0.15) is 0 Å². The number of nitrogens with zero attached hydrogens (tertiary/aromatic N) is 1. The van der Waals surface area contributed by atoms with Crippen molar-refractivity contribution in [1.29, 1.82) is 0 Å². The Hall–Kier alpha value is -2.94. The Kier molecular flexibility index (Phi) is 5.71. The van der Waals surface area contributed by atoms with Crippen LogP contribution in [0.3, 0.4) is 0 Å².